The number of oxazole rings is 1. The number of thioether (sulfide) groups is 1. The van der Waals surface area contributed by atoms with Gasteiger partial charge in [-0.15, -0.1) is 0 Å². The van der Waals surface area contributed by atoms with Gasteiger partial charge >= 0.3 is 0 Å². The van der Waals surface area contributed by atoms with E-state index in [1.165, 1.54) is 11.8 Å². The van der Waals surface area contributed by atoms with E-state index in [1.807, 2.05) is 60.7 Å². The van der Waals surface area contributed by atoms with E-state index in [2.05, 4.69) is 4.98 Å². The number of rotatable bonds is 9. The third kappa shape index (κ3) is 4.95. The highest BCUT2D eigenvalue weighted by Gasteiger charge is 2.18. The highest BCUT2D eigenvalue weighted by Crippen LogP contribution is 2.35. The first kappa shape index (κ1) is 18.7. The van der Waals surface area contributed by atoms with Crippen molar-refractivity contribution in [2.75, 3.05) is 25.6 Å². The van der Waals surface area contributed by atoms with Crippen LogP contribution in [0.4, 0.5) is 0 Å². The maximum absolute atomic E-state index is 9.95. The lowest BCUT2D eigenvalue weighted by atomic mass is 10.1. The molecular formula is C20H21NO4S. The van der Waals surface area contributed by atoms with Crippen LogP contribution in [-0.2, 0) is 4.74 Å². The van der Waals surface area contributed by atoms with Crippen molar-refractivity contribution >= 4 is 11.8 Å². The van der Waals surface area contributed by atoms with E-state index in [0.717, 1.165) is 16.8 Å². The van der Waals surface area contributed by atoms with Crippen molar-refractivity contribution in [3.63, 3.8) is 0 Å². The molecule has 26 heavy (non-hydrogen) atoms. The summed E-state index contributed by atoms with van der Waals surface area (Å²) in [6, 6.07) is 19.7. The molecule has 0 aliphatic carbocycles. The number of ether oxygens (including phenoxy) is 1. The number of hydrogen-bond donors (Lipinski definition) is 2. The molecule has 1 aromatic heterocycles. The van der Waals surface area contributed by atoms with Gasteiger partial charge in [0.25, 0.3) is 5.22 Å². The second-order valence-corrected chi connectivity index (χ2v) is 6.62. The van der Waals surface area contributed by atoms with Crippen LogP contribution in [0.25, 0.3) is 22.6 Å². The van der Waals surface area contributed by atoms with Crippen molar-refractivity contribution in [2.45, 2.75) is 11.3 Å². The van der Waals surface area contributed by atoms with Crippen LogP contribution in [0, 0.1) is 0 Å². The van der Waals surface area contributed by atoms with Crippen LogP contribution < -0.4 is 0 Å². The van der Waals surface area contributed by atoms with Gasteiger partial charge in [0.1, 0.15) is 5.69 Å². The molecule has 0 aliphatic heterocycles. The van der Waals surface area contributed by atoms with Gasteiger partial charge in [-0.3, -0.25) is 0 Å². The Morgan fingerprint density at radius 1 is 1.00 bits per heavy atom. The minimum Gasteiger partial charge on any atom is -0.431 e. The molecule has 0 radical (unpaired) electrons. The molecule has 1 heterocycles. The van der Waals surface area contributed by atoms with Crippen LogP contribution in [0.1, 0.15) is 0 Å². The first-order chi connectivity index (χ1) is 12.8. The number of benzene rings is 2. The van der Waals surface area contributed by atoms with Crippen molar-refractivity contribution in [1.29, 1.82) is 0 Å². The maximum Gasteiger partial charge on any atom is 0.256 e. The number of nitrogens with zero attached hydrogens (tertiary/aromatic N) is 1. The van der Waals surface area contributed by atoms with Gasteiger partial charge in [-0.2, -0.15) is 0 Å². The molecule has 0 bridgehead atoms. The van der Waals surface area contributed by atoms with Gasteiger partial charge in [-0.1, -0.05) is 72.4 Å². The number of hydrogen-bond acceptors (Lipinski definition) is 6. The molecule has 2 aromatic carbocycles. The van der Waals surface area contributed by atoms with Crippen molar-refractivity contribution in [3.05, 3.63) is 60.7 Å². The van der Waals surface area contributed by atoms with Crippen molar-refractivity contribution in [2.24, 2.45) is 0 Å². The molecular weight excluding hydrogens is 350 g/mol. The van der Waals surface area contributed by atoms with Gasteiger partial charge in [0, 0.05) is 16.9 Å². The Bertz CT molecular complexity index is 735. The molecule has 0 amide bonds. The zero-order chi connectivity index (χ0) is 18.2. The van der Waals surface area contributed by atoms with Gasteiger partial charge < -0.3 is 19.4 Å². The normalized spacial score (nSPS) is 12.2. The quantitative estimate of drug-likeness (QED) is 0.443. The lowest BCUT2D eigenvalue weighted by Crippen LogP contribution is -2.19. The summed E-state index contributed by atoms with van der Waals surface area (Å²) in [7, 11) is 0. The van der Waals surface area contributed by atoms with E-state index in [1.54, 1.807) is 0 Å². The third-order valence-corrected chi connectivity index (χ3v) is 4.61. The Morgan fingerprint density at radius 3 is 2.31 bits per heavy atom. The summed E-state index contributed by atoms with van der Waals surface area (Å²) < 4.78 is 11.1. The molecule has 0 spiro atoms. The topological polar surface area (TPSA) is 75.7 Å². The number of aliphatic hydroxyl groups excluding tert-OH is 2. The predicted octanol–water partition coefficient (Wildman–Crippen LogP) is 3.47. The molecule has 2 N–H and O–H groups in total. The fourth-order valence-corrected chi connectivity index (χ4v) is 3.17. The standard InChI is InChI=1S/C20H21NO4S/c22-11-12-24-13-17(23)14-26-20-21-18(15-7-3-1-4-8-15)19(25-20)16-9-5-2-6-10-16/h1-10,17,22-23H,11-14H2/t17-/m0/s1. The zero-order valence-electron chi connectivity index (χ0n) is 14.2. The molecule has 0 saturated carbocycles. The molecule has 0 saturated heterocycles. The van der Waals surface area contributed by atoms with Crippen LogP contribution >= 0.6 is 11.8 Å². The molecule has 3 aromatic rings. The van der Waals surface area contributed by atoms with Crippen molar-refractivity contribution < 1.29 is 19.4 Å². The molecule has 3 rings (SSSR count). The minimum absolute atomic E-state index is 0.0551. The average molecular weight is 371 g/mol. The van der Waals surface area contributed by atoms with E-state index in [-0.39, 0.29) is 19.8 Å². The SMILES string of the molecule is OCCOC[C@H](O)CSc1nc(-c2ccccc2)c(-c2ccccc2)o1. The Kier molecular flexibility index (Phi) is 6.85. The molecule has 0 aliphatic rings. The largest absolute Gasteiger partial charge is 0.431 e. The number of aliphatic hydroxyl groups is 2. The van der Waals surface area contributed by atoms with Gasteiger partial charge in [0.05, 0.1) is 25.9 Å². The van der Waals surface area contributed by atoms with E-state index in [9.17, 15) is 5.11 Å². The molecule has 0 unspecified atom stereocenters. The van der Waals surface area contributed by atoms with Crippen LogP contribution in [0.5, 0.6) is 0 Å². The molecule has 6 heteroatoms. The second kappa shape index (κ2) is 9.54. The third-order valence-electron chi connectivity index (χ3n) is 3.64. The van der Waals surface area contributed by atoms with Gasteiger partial charge in [-0.05, 0) is 0 Å². The van der Waals surface area contributed by atoms with Gasteiger partial charge in [-0.25, -0.2) is 4.98 Å². The monoisotopic (exact) mass is 371 g/mol. The highest BCUT2D eigenvalue weighted by atomic mass is 32.2. The lowest BCUT2D eigenvalue weighted by Gasteiger charge is -2.08. The van der Waals surface area contributed by atoms with Crippen LogP contribution in [0.2, 0.25) is 0 Å². The summed E-state index contributed by atoms with van der Waals surface area (Å²) in [5, 5.41) is 19.2. The van der Waals surface area contributed by atoms with E-state index < -0.39 is 6.10 Å². The zero-order valence-corrected chi connectivity index (χ0v) is 15.1. The fourth-order valence-electron chi connectivity index (χ4n) is 2.44. The summed E-state index contributed by atoms with van der Waals surface area (Å²) >= 11 is 1.34. The van der Waals surface area contributed by atoms with Crippen molar-refractivity contribution in [3.8, 4) is 22.6 Å². The summed E-state index contributed by atoms with van der Waals surface area (Å²) in [6.45, 7) is 0.336. The van der Waals surface area contributed by atoms with E-state index in [4.69, 9.17) is 14.3 Å². The van der Waals surface area contributed by atoms with Crippen molar-refractivity contribution in [1.82, 2.24) is 4.98 Å². The Morgan fingerprint density at radius 2 is 1.65 bits per heavy atom. The Hall–Kier alpha value is -2.12. The first-order valence-electron chi connectivity index (χ1n) is 8.39. The molecule has 136 valence electrons. The second-order valence-electron chi connectivity index (χ2n) is 5.65. The van der Waals surface area contributed by atoms with Crippen LogP contribution in [-0.4, -0.2) is 46.9 Å². The summed E-state index contributed by atoms with van der Waals surface area (Å²) in [6.07, 6.45) is -0.654. The minimum atomic E-state index is -0.654. The smallest absolute Gasteiger partial charge is 0.256 e. The fraction of sp³-hybridized carbons (Fsp3) is 0.250. The summed E-state index contributed by atoms with van der Waals surface area (Å²) in [4.78, 5) is 4.63. The van der Waals surface area contributed by atoms with Gasteiger partial charge in [0.15, 0.2) is 5.76 Å². The lowest BCUT2D eigenvalue weighted by molar-refractivity contribution is 0.0310. The van der Waals surface area contributed by atoms with E-state index in [0.29, 0.717) is 16.7 Å². The Balaban J connectivity index is 1.79. The predicted molar refractivity (Wildman–Crippen MR) is 102 cm³/mol. The van der Waals surface area contributed by atoms with Crippen LogP contribution in [0.15, 0.2) is 70.3 Å². The van der Waals surface area contributed by atoms with E-state index >= 15 is 0 Å². The molecule has 0 fully saturated rings. The first-order valence-corrected chi connectivity index (χ1v) is 9.37. The Labute approximate surface area is 156 Å². The summed E-state index contributed by atoms with van der Waals surface area (Å²) in [5.74, 6) is 1.11. The maximum atomic E-state index is 9.95. The van der Waals surface area contributed by atoms with Crippen LogP contribution in [0.3, 0.4) is 0 Å². The number of aromatic nitrogens is 1. The average Bonchev–Trinajstić information content (AvgIpc) is 3.12. The molecule has 1 atom stereocenters. The molecule has 5 nitrogen and oxygen atoms in total. The van der Waals surface area contributed by atoms with Gasteiger partial charge in [0.2, 0.25) is 0 Å². The summed E-state index contributed by atoms with van der Waals surface area (Å²) in [5.41, 5.74) is 2.72. The highest BCUT2D eigenvalue weighted by molar-refractivity contribution is 7.99.